The minimum atomic E-state index is -0.929. The van der Waals surface area contributed by atoms with Crippen LogP contribution in [-0.2, 0) is 9.59 Å². The molecule has 1 unspecified atom stereocenters. The smallest absolute Gasteiger partial charge is 0.326 e. The number of pyridine rings is 2. The van der Waals surface area contributed by atoms with Gasteiger partial charge in [0.15, 0.2) is 5.78 Å². The third-order valence-electron chi connectivity index (χ3n) is 6.75. The van der Waals surface area contributed by atoms with Crippen LogP contribution in [-0.4, -0.2) is 32.9 Å². The second kappa shape index (κ2) is 9.63. The van der Waals surface area contributed by atoms with Crippen molar-refractivity contribution in [3.8, 4) is 0 Å². The maximum Gasteiger partial charge on any atom is 0.326 e. The number of allylic oxidation sites excluding steroid dienone is 2. The van der Waals surface area contributed by atoms with E-state index in [0.717, 1.165) is 40.0 Å². The van der Waals surface area contributed by atoms with Gasteiger partial charge in [-0.05, 0) is 49.6 Å². The van der Waals surface area contributed by atoms with E-state index in [2.05, 4.69) is 20.6 Å². The van der Waals surface area contributed by atoms with Crippen LogP contribution in [0.3, 0.4) is 0 Å². The molecule has 0 amide bonds. The molecule has 3 atom stereocenters. The topological polar surface area (TPSA) is 104 Å². The second-order valence-corrected chi connectivity index (χ2v) is 8.98. The summed E-state index contributed by atoms with van der Waals surface area (Å²) in [4.78, 5) is 33.0. The predicted molar refractivity (Wildman–Crippen MR) is 133 cm³/mol. The van der Waals surface area contributed by atoms with E-state index in [0.29, 0.717) is 12.8 Å². The Morgan fingerprint density at radius 3 is 2.53 bits per heavy atom. The first-order valence-corrected chi connectivity index (χ1v) is 11.7. The number of nitrogens with one attached hydrogen (secondary N) is 2. The molecule has 0 aliphatic heterocycles. The number of hydrogen-bond donors (Lipinski definition) is 3. The first kappa shape index (κ1) is 23.4. The van der Waals surface area contributed by atoms with Gasteiger partial charge in [0.2, 0.25) is 0 Å². The molecule has 7 nitrogen and oxygen atoms in total. The van der Waals surface area contributed by atoms with Gasteiger partial charge in [0.05, 0.1) is 5.41 Å². The summed E-state index contributed by atoms with van der Waals surface area (Å²) in [5.41, 5.74) is 1.89. The van der Waals surface area contributed by atoms with Crippen LogP contribution in [0.2, 0.25) is 0 Å². The number of rotatable bonds is 10. The quantitative estimate of drug-likeness (QED) is 0.384. The standard InChI is InChI=1S/C27H30N4O3/c1-4-12-27(3)22(15-23(27)32)31-24(26(33)34)20(5-2)17-6-8-19(9-7-17)30-25-21-11-13-28-16-18(21)10-14-29-25/h6-11,13-16,20,24,31H,4-5,12H2,1-3H3,(H,29,30)(H,33,34)/t20?,24-,27-/m0/s1. The fourth-order valence-corrected chi connectivity index (χ4v) is 4.70. The van der Waals surface area contributed by atoms with E-state index in [1.165, 1.54) is 6.08 Å². The summed E-state index contributed by atoms with van der Waals surface area (Å²) in [6, 6.07) is 10.8. The van der Waals surface area contributed by atoms with Crippen LogP contribution in [0.25, 0.3) is 10.8 Å². The highest BCUT2D eigenvalue weighted by Crippen LogP contribution is 2.41. The summed E-state index contributed by atoms with van der Waals surface area (Å²) >= 11 is 0. The lowest BCUT2D eigenvalue weighted by Gasteiger charge is -2.40. The Labute approximate surface area is 199 Å². The number of fused-ring (bicyclic) bond motifs is 1. The van der Waals surface area contributed by atoms with Crippen LogP contribution >= 0.6 is 0 Å². The number of carboxylic acids is 1. The molecule has 1 aliphatic rings. The first-order valence-electron chi connectivity index (χ1n) is 11.7. The average molecular weight is 459 g/mol. The Morgan fingerprint density at radius 1 is 1.12 bits per heavy atom. The number of anilines is 2. The van der Waals surface area contributed by atoms with E-state index in [4.69, 9.17) is 0 Å². The Balaban J connectivity index is 1.54. The average Bonchev–Trinajstić information content (AvgIpc) is 2.84. The van der Waals surface area contributed by atoms with Crippen LogP contribution < -0.4 is 10.6 Å². The number of benzene rings is 1. The number of hydrogen-bond acceptors (Lipinski definition) is 6. The van der Waals surface area contributed by atoms with Crippen molar-refractivity contribution in [1.82, 2.24) is 15.3 Å². The third kappa shape index (κ3) is 4.38. The minimum absolute atomic E-state index is 0.0577. The molecular formula is C27H30N4O3. The van der Waals surface area contributed by atoms with Gasteiger partial charge >= 0.3 is 5.97 Å². The summed E-state index contributed by atoms with van der Waals surface area (Å²) in [5, 5.41) is 18.5. The molecule has 3 N–H and O–H groups in total. The fraction of sp³-hybridized carbons (Fsp3) is 0.333. The zero-order chi connectivity index (χ0) is 24.3. The van der Waals surface area contributed by atoms with E-state index in [1.807, 2.05) is 57.2 Å². The SMILES string of the molecule is CCC[C@]1(C)C(=O)C=C1N[C@H](C(=O)O)C(CC)c1ccc(Nc2nccc3cnccc23)cc1. The van der Waals surface area contributed by atoms with Crippen molar-refractivity contribution < 1.29 is 14.7 Å². The molecule has 176 valence electrons. The van der Waals surface area contributed by atoms with Gasteiger partial charge in [-0.2, -0.15) is 0 Å². The molecule has 0 spiro atoms. The molecule has 0 radical (unpaired) electrons. The lowest BCUT2D eigenvalue weighted by molar-refractivity contribution is -0.140. The highest BCUT2D eigenvalue weighted by molar-refractivity contribution is 6.04. The number of ketones is 1. The zero-order valence-electron chi connectivity index (χ0n) is 19.7. The number of carbonyl (C=O) groups is 2. The predicted octanol–water partition coefficient (Wildman–Crippen LogP) is 5.18. The van der Waals surface area contributed by atoms with Gasteiger partial charge in [-0.25, -0.2) is 9.78 Å². The fourth-order valence-electron chi connectivity index (χ4n) is 4.70. The first-order chi connectivity index (χ1) is 16.4. The van der Waals surface area contributed by atoms with Crippen molar-refractivity contribution in [1.29, 1.82) is 0 Å². The number of aliphatic carboxylic acids is 1. The summed E-state index contributed by atoms with van der Waals surface area (Å²) in [7, 11) is 0. The highest BCUT2D eigenvalue weighted by Gasteiger charge is 2.45. The van der Waals surface area contributed by atoms with Crippen molar-refractivity contribution in [3.05, 3.63) is 72.3 Å². The Morgan fingerprint density at radius 2 is 1.88 bits per heavy atom. The second-order valence-electron chi connectivity index (χ2n) is 8.98. The molecule has 7 heteroatoms. The third-order valence-corrected chi connectivity index (χ3v) is 6.75. The lowest BCUT2D eigenvalue weighted by atomic mass is 9.69. The maximum atomic E-state index is 12.2. The molecule has 0 bridgehead atoms. The van der Waals surface area contributed by atoms with Gasteiger partial charge in [0.25, 0.3) is 0 Å². The molecule has 1 aromatic carbocycles. The molecule has 1 aliphatic carbocycles. The van der Waals surface area contributed by atoms with Crippen LogP contribution in [0, 0.1) is 5.41 Å². The van der Waals surface area contributed by atoms with Gasteiger partial charge in [0, 0.05) is 52.7 Å². The molecule has 34 heavy (non-hydrogen) atoms. The summed E-state index contributed by atoms with van der Waals surface area (Å²) in [5.74, 6) is -0.388. The van der Waals surface area contributed by atoms with Gasteiger partial charge in [-0.1, -0.05) is 32.4 Å². The Bertz CT molecular complexity index is 1230. The molecule has 2 aromatic heterocycles. The molecule has 0 saturated heterocycles. The summed E-state index contributed by atoms with van der Waals surface area (Å²) < 4.78 is 0. The number of aromatic nitrogens is 2. The zero-order valence-corrected chi connectivity index (χ0v) is 19.7. The highest BCUT2D eigenvalue weighted by atomic mass is 16.4. The maximum absolute atomic E-state index is 12.2. The lowest BCUT2D eigenvalue weighted by Crippen LogP contribution is -2.50. The van der Waals surface area contributed by atoms with Crippen molar-refractivity contribution in [2.24, 2.45) is 5.41 Å². The van der Waals surface area contributed by atoms with Gasteiger partial charge in [0.1, 0.15) is 11.9 Å². The van der Waals surface area contributed by atoms with E-state index in [-0.39, 0.29) is 11.7 Å². The number of carbonyl (C=O) groups excluding carboxylic acids is 1. The molecule has 2 heterocycles. The van der Waals surface area contributed by atoms with Gasteiger partial charge < -0.3 is 15.7 Å². The van der Waals surface area contributed by atoms with Crippen LogP contribution in [0.1, 0.15) is 51.5 Å². The molecule has 0 fully saturated rings. The van der Waals surface area contributed by atoms with Crippen LogP contribution in [0.4, 0.5) is 11.5 Å². The molecule has 4 rings (SSSR count). The Hall–Kier alpha value is -3.74. The summed E-state index contributed by atoms with van der Waals surface area (Å²) in [6.07, 6.45) is 9.01. The largest absolute Gasteiger partial charge is 0.480 e. The number of nitrogens with zero attached hydrogens (tertiary/aromatic N) is 2. The molecular weight excluding hydrogens is 428 g/mol. The number of carboxylic acid groups (broad SMARTS) is 1. The normalized spacial score (nSPS) is 19.1. The van der Waals surface area contributed by atoms with E-state index >= 15 is 0 Å². The van der Waals surface area contributed by atoms with Crippen molar-refractivity contribution >= 4 is 34.0 Å². The van der Waals surface area contributed by atoms with Crippen LogP contribution in [0.15, 0.2) is 66.8 Å². The molecule has 3 aromatic rings. The Kier molecular flexibility index (Phi) is 6.63. The van der Waals surface area contributed by atoms with E-state index in [1.54, 1.807) is 18.6 Å². The monoisotopic (exact) mass is 458 g/mol. The van der Waals surface area contributed by atoms with Crippen molar-refractivity contribution in [2.75, 3.05) is 5.32 Å². The van der Waals surface area contributed by atoms with Gasteiger partial charge in [-0.15, -0.1) is 0 Å². The van der Waals surface area contributed by atoms with Crippen LogP contribution in [0.5, 0.6) is 0 Å². The van der Waals surface area contributed by atoms with Crippen molar-refractivity contribution in [3.63, 3.8) is 0 Å². The summed E-state index contributed by atoms with van der Waals surface area (Å²) in [6.45, 7) is 5.89. The van der Waals surface area contributed by atoms with Gasteiger partial charge in [-0.3, -0.25) is 9.78 Å². The van der Waals surface area contributed by atoms with E-state index in [9.17, 15) is 14.7 Å². The van der Waals surface area contributed by atoms with Crippen molar-refractivity contribution in [2.45, 2.75) is 52.0 Å². The molecule has 0 saturated carbocycles. The van der Waals surface area contributed by atoms with E-state index < -0.39 is 17.4 Å². The minimum Gasteiger partial charge on any atom is -0.480 e.